The maximum atomic E-state index is 5.39. The lowest BCUT2D eigenvalue weighted by Crippen LogP contribution is -2.17. The van der Waals surface area contributed by atoms with Gasteiger partial charge in [0.25, 0.3) is 0 Å². The fraction of sp³-hybridized carbons (Fsp3) is 0.667. The van der Waals surface area contributed by atoms with Crippen LogP contribution >= 0.6 is 0 Å². The Morgan fingerprint density at radius 1 is 1.13 bits per heavy atom. The molecule has 15 heavy (non-hydrogen) atoms. The van der Waals surface area contributed by atoms with Crippen LogP contribution in [0.5, 0.6) is 0 Å². The molecule has 0 aliphatic rings. The molecule has 0 amide bonds. The summed E-state index contributed by atoms with van der Waals surface area (Å²) >= 11 is 0. The lowest BCUT2D eigenvalue weighted by atomic mass is 10.3. The molecule has 0 bridgehead atoms. The van der Waals surface area contributed by atoms with Gasteiger partial charge in [0.05, 0.1) is 0 Å². The predicted molar refractivity (Wildman–Crippen MR) is 63.4 cm³/mol. The molecule has 1 rings (SSSR count). The largest absolute Gasteiger partial charge is 0.368 e. The highest BCUT2D eigenvalue weighted by Crippen LogP contribution is 2.05. The minimum atomic E-state index is 0.137. The van der Waals surface area contributed by atoms with Gasteiger partial charge in [-0.3, -0.25) is 0 Å². The molecule has 1 atom stereocenters. The van der Waals surface area contributed by atoms with Crippen LogP contribution in [0.1, 0.15) is 34.1 Å². The first-order valence-electron chi connectivity index (χ1n) is 5.15. The molecule has 0 aliphatic carbocycles. The summed E-state index contributed by atoms with van der Waals surface area (Å²) in [5.74, 6) is 0.705. The minimum Gasteiger partial charge on any atom is -0.368 e. The van der Waals surface area contributed by atoms with E-state index in [2.05, 4.69) is 27.2 Å². The topological polar surface area (TPSA) is 103 Å². The SMILES string of the molecule is CC.CCC(C)Nc1nc(N)nc(N)n1. The van der Waals surface area contributed by atoms with Crippen LogP contribution < -0.4 is 16.8 Å². The molecule has 0 saturated heterocycles. The quantitative estimate of drug-likeness (QED) is 0.697. The molecular formula is C9H20N6. The van der Waals surface area contributed by atoms with Gasteiger partial charge >= 0.3 is 0 Å². The molecule has 0 saturated carbocycles. The van der Waals surface area contributed by atoms with E-state index in [1.807, 2.05) is 20.8 Å². The molecule has 0 fully saturated rings. The summed E-state index contributed by atoms with van der Waals surface area (Å²) in [7, 11) is 0. The van der Waals surface area contributed by atoms with Gasteiger partial charge in [-0.2, -0.15) is 15.0 Å². The van der Waals surface area contributed by atoms with Gasteiger partial charge in [-0.1, -0.05) is 20.8 Å². The van der Waals surface area contributed by atoms with Gasteiger partial charge in [0.1, 0.15) is 0 Å². The Hall–Kier alpha value is -1.59. The number of nitrogen functional groups attached to an aromatic ring is 2. The Kier molecular flexibility index (Phi) is 6.08. The number of nitrogens with two attached hydrogens (primary N) is 2. The second-order valence-corrected chi connectivity index (χ2v) is 2.83. The Morgan fingerprint density at radius 3 is 2.00 bits per heavy atom. The van der Waals surface area contributed by atoms with Gasteiger partial charge in [0.2, 0.25) is 17.8 Å². The highest BCUT2D eigenvalue weighted by atomic mass is 15.2. The molecule has 0 radical (unpaired) electrons. The van der Waals surface area contributed by atoms with Gasteiger partial charge in [-0.25, -0.2) is 0 Å². The van der Waals surface area contributed by atoms with E-state index in [1.54, 1.807) is 0 Å². The van der Waals surface area contributed by atoms with Crippen molar-refractivity contribution >= 4 is 17.8 Å². The third-order valence-corrected chi connectivity index (χ3v) is 1.66. The summed E-state index contributed by atoms with van der Waals surface area (Å²) in [6.45, 7) is 8.09. The van der Waals surface area contributed by atoms with Crippen LogP contribution in [0.25, 0.3) is 0 Å². The zero-order valence-corrected chi connectivity index (χ0v) is 9.78. The van der Waals surface area contributed by atoms with E-state index < -0.39 is 0 Å². The van der Waals surface area contributed by atoms with Crippen LogP contribution in [0.4, 0.5) is 17.8 Å². The molecule has 0 spiro atoms. The summed E-state index contributed by atoms with van der Waals surface area (Å²) < 4.78 is 0. The van der Waals surface area contributed by atoms with Crippen molar-refractivity contribution in [2.75, 3.05) is 16.8 Å². The first-order valence-corrected chi connectivity index (χ1v) is 5.15. The molecule has 1 heterocycles. The molecule has 0 aromatic carbocycles. The fourth-order valence-electron chi connectivity index (χ4n) is 0.796. The van der Waals surface area contributed by atoms with Crippen LogP contribution in [-0.4, -0.2) is 21.0 Å². The van der Waals surface area contributed by atoms with E-state index in [0.29, 0.717) is 12.0 Å². The smallest absolute Gasteiger partial charge is 0.229 e. The van der Waals surface area contributed by atoms with Gasteiger partial charge in [-0.05, 0) is 13.3 Å². The monoisotopic (exact) mass is 212 g/mol. The second kappa shape index (κ2) is 6.80. The normalized spacial score (nSPS) is 11.2. The van der Waals surface area contributed by atoms with Gasteiger partial charge in [0, 0.05) is 6.04 Å². The van der Waals surface area contributed by atoms with E-state index in [-0.39, 0.29) is 11.9 Å². The van der Waals surface area contributed by atoms with E-state index in [9.17, 15) is 0 Å². The van der Waals surface area contributed by atoms with Crippen molar-refractivity contribution < 1.29 is 0 Å². The van der Waals surface area contributed by atoms with E-state index in [4.69, 9.17) is 11.5 Å². The fourth-order valence-corrected chi connectivity index (χ4v) is 0.796. The first kappa shape index (κ1) is 13.4. The number of aromatic nitrogens is 3. The lowest BCUT2D eigenvalue weighted by molar-refractivity contribution is 0.752. The van der Waals surface area contributed by atoms with Crippen molar-refractivity contribution in [3.8, 4) is 0 Å². The predicted octanol–water partition coefficient (Wildman–Crippen LogP) is 1.27. The zero-order valence-electron chi connectivity index (χ0n) is 9.78. The minimum absolute atomic E-state index is 0.137. The van der Waals surface area contributed by atoms with Crippen molar-refractivity contribution in [2.24, 2.45) is 0 Å². The number of nitrogens with one attached hydrogen (secondary N) is 1. The van der Waals surface area contributed by atoms with Crippen LogP contribution in [-0.2, 0) is 0 Å². The number of anilines is 3. The second-order valence-electron chi connectivity index (χ2n) is 2.83. The van der Waals surface area contributed by atoms with E-state index in [0.717, 1.165) is 6.42 Å². The molecule has 1 aromatic rings. The molecule has 5 N–H and O–H groups in total. The average molecular weight is 212 g/mol. The Morgan fingerprint density at radius 2 is 1.60 bits per heavy atom. The van der Waals surface area contributed by atoms with Crippen LogP contribution in [0, 0.1) is 0 Å². The number of nitrogens with zero attached hydrogens (tertiary/aromatic N) is 3. The summed E-state index contributed by atoms with van der Waals surface area (Å²) in [6, 6.07) is 0.293. The standard InChI is InChI=1S/C7H14N6.C2H6/c1-3-4(2)10-7-12-5(8)11-6(9)13-7;1-2/h4H,3H2,1-2H3,(H5,8,9,10,11,12,13);1-2H3. The van der Waals surface area contributed by atoms with Crippen molar-refractivity contribution in [1.82, 2.24) is 15.0 Å². The van der Waals surface area contributed by atoms with Crippen LogP contribution in [0.2, 0.25) is 0 Å². The van der Waals surface area contributed by atoms with Crippen LogP contribution in [0.3, 0.4) is 0 Å². The Bertz CT molecular complexity index is 268. The summed E-state index contributed by atoms with van der Waals surface area (Å²) in [6.07, 6.45) is 0.978. The number of hydrogen-bond acceptors (Lipinski definition) is 6. The van der Waals surface area contributed by atoms with Crippen molar-refractivity contribution in [2.45, 2.75) is 40.2 Å². The summed E-state index contributed by atoms with van der Waals surface area (Å²) in [5, 5.41) is 3.05. The maximum absolute atomic E-state index is 5.39. The van der Waals surface area contributed by atoms with E-state index >= 15 is 0 Å². The molecule has 86 valence electrons. The van der Waals surface area contributed by atoms with Crippen molar-refractivity contribution in [3.05, 3.63) is 0 Å². The van der Waals surface area contributed by atoms with E-state index in [1.165, 1.54) is 0 Å². The molecule has 6 heteroatoms. The van der Waals surface area contributed by atoms with Crippen molar-refractivity contribution in [1.29, 1.82) is 0 Å². The molecule has 1 aromatic heterocycles. The highest BCUT2D eigenvalue weighted by molar-refractivity contribution is 5.37. The van der Waals surface area contributed by atoms with Gasteiger partial charge < -0.3 is 16.8 Å². The lowest BCUT2D eigenvalue weighted by Gasteiger charge is -2.10. The van der Waals surface area contributed by atoms with Crippen molar-refractivity contribution in [3.63, 3.8) is 0 Å². The first-order chi connectivity index (χ1) is 7.11. The van der Waals surface area contributed by atoms with Gasteiger partial charge in [0.15, 0.2) is 0 Å². The number of hydrogen-bond donors (Lipinski definition) is 3. The van der Waals surface area contributed by atoms with Crippen LogP contribution in [0.15, 0.2) is 0 Å². The molecule has 6 nitrogen and oxygen atoms in total. The maximum Gasteiger partial charge on any atom is 0.229 e. The Labute approximate surface area is 90.5 Å². The highest BCUT2D eigenvalue weighted by Gasteiger charge is 2.03. The number of rotatable bonds is 3. The zero-order chi connectivity index (χ0) is 11.8. The Balaban J connectivity index is 0.000000921. The summed E-state index contributed by atoms with van der Waals surface area (Å²) in [5.41, 5.74) is 10.8. The third-order valence-electron chi connectivity index (χ3n) is 1.66. The molecular weight excluding hydrogens is 192 g/mol. The summed E-state index contributed by atoms with van der Waals surface area (Å²) in [4.78, 5) is 11.4. The third kappa shape index (κ3) is 4.99. The van der Waals surface area contributed by atoms with Gasteiger partial charge in [-0.15, -0.1) is 0 Å². The molecule has 1 unspecified atom stereocenters. The molecule has 0 aliphatic heterocycles. The average Bonchev–Trinajstić information content (AvgIpc) is 2.19.